The Morgan fingerprint density at radius 3 is 0.500 bits per heavy atom. The van der Waals surface area contributed by atoms with Crippen LogP contribution in [0.3, 0.4) is 0 Å². The Hall–Kier alpha value is -1.20. The molecule has 0 aliphatic rings. The number of hydrogen-bond acceptors (Lipinski definition) is 0. The Kier molecular flexibility index (Phi) is 26.9. The summed E-state index contributed by atoms with van der Waals surface area (Å²) < 4.78 is 0. The van der Waals surface area contributed by atoms with E-state index in [0.29, 0.717) is 0 Å². The maximum atomic E-state index is 3.72. The largest absolute Gasteiger partial charge is 0.199 e. The molecule has 0 aliphatic carbocycles. The van der Waals surface area contributed by atoms with Crippen molar-refractivity contribution in [2.45, 2.75) is 0 Å². The predicted octanol–water partition coefficient (Wildman–Crippen LogP) is 9.16. The molecule has 4 aromatic rings. The Balaban J connectivity index is 0. The second-order valence-electron chi connectivity index (χ2n) is 5.94. The van der Waals surface area contributed by atoms with E-state index in [1.54, 1.807) is 0 Å². The molecule has 0 atom stereocenters. The molecule has 0 amide bonds. The first-order valence-electron chi connectivity index (χ1n) is 9.28. The molecule has 4 aromatic carbocycles. The number of hydrogen-bond donors (Lipinski definition) is 0. The van der Waals surface area contributed by atoms with Gasteiger partial charge in [-0.2, -0.15) is 98.5 Å². The molecular formula is C28H28Au2Br2-4. The van der Waals surface area contributed by atoms with Crippen LogP contribution in [0.2, 0.25) is 0 Å². The molecule has 0 bridgehead atoms. The Morgan fingerprint density at radius 1 is 0.312 bits per heavy atom. The Morgan fingerprint density at radius 2 is 0.438 bits per heavy atom. The van der Waals surface area contributed by atoms with Crippen molar-refractivity contribution >= 4 is 26.0 Å². The van der Waals surface area contributed by atoms with Crippen LogP contribution < -0.4 is 0 Å². The molecule has 0 saturated heterocycles. The van der Waals surface area contributed by atoms with Crippen molar-refractivity contribution in [2.24, 2.45) is 0 Å². The van der Waals surface area contributed by atoms with Crippen LogP contribution in [-0.4, -0.2) is 0 Å². The van der Waals surface area contributed by atoms with E-state index in [-0.39, 0.29) is 0 Å². The summed E-state index contributed by atoms with van der Waals surface area (Å²) in [5, 5.41) is 0. The van der Waals surface area contributed by atoms with E-state index in [2.05, 4.69) is 91.6 Å². The van der Waals surface area contributed by atoms with Gasteiger partial charge in [0.1, 0.15) is 0 Å². The molecule has 0 radical (unpaired) electrons. The summed E-state index contributed by atoms with van der Waals surface area (Å²) in [5.41, 5.74) is 4.29. The van der Waals surface area contributed by atoms with Gasteiger partial charge in [0.15, 0.2) is 0 Å². The van der Waals surface area contributed by atoms with E-state index >= 15 is 0 Å². The van der Waals surface area contributed by atoms with E-state index in [4.69, 9.17) is 0 Å². The Bertz CT molecular complexity index is 691. The minimum atomic E-state index is 1.07. The molecule has 0 aromatic heterocycles. The fourth-order valence-corrected chi connectivity index (χ4v) is 1.91. The third kappa shape index (κ3) is 23.5. The van der Waals surface area contributed by atoms with Crippen LogP contribution >= 0.6 is 26.0 Å². The molecule has 0 spiro atoms. The number of benzene rings is 4. The van der Waals surface area contributed by atoms with Crippen molar-refractivity contribution in [3.8, 4) is 0 Å². The average molecular weight is 918 g/mol. The van der Waals surface area contributed by atoms with Gasteiger partial charge in [-0.15, -0.1) is 48.5 Å². The molecule has 4 rings (SSSR count). The van der Waals surface area contributed by atoms with Gasteiger partial charge < -0.3 is 0 Å². The monoisotopic (exact) mass is 916 g/mol. The molecule has 0 fully saturated rings. The van der Waals surface area contributed by atoms with Crippen LogP contribution in [0.1, 0.15) is 22.3 Å². The maximum absolute atomic E-state index is 3.72. The minimum absolute atomic E-state index is 1.07. The van der Waals surface area contributed by atoms with E-state index in [1.165, 1.54) is 0 Å². The molecule has 0 N–H and O–H groups in total. The first-order chi connectivity index (χ1) is 15.6. The third-order valence-electron chi connectivity index (χ3n) is 3.37. The van der Waals surface area contributed by atoms with Crippen LogP contribution in [-0.2, 0) is 37.9 Å². The van der Waals surface area contributed by atoms with Crippen LogP contribution in [0, 0.1) is 27.7 Å². The quantitative estimate of drug-likeness (QED) is 0.122. The van der Waals surface area contributed by atoms with Gasteiger partial charge in [0.05, 0.1) is 0 Å². The zero-order valence-corrected chi connectivity index (χ0v) is 25.2. The molecule has 32 heavy (non-hydrogen) atoms. The molecule has 0 saturated carbocycles. The summed E-state index contributed by atoms with van der Waals surface area (Å²) in [6.45, 7) is 14.9. The first kappa shape index (κ1) is 33.0. The summed E-state index contributed by atoms with van der Waals surface area (Å²) in [5.74, 6) is 0. The summed E-state index contributed by atoms with van der Waals surface area (Å²) in [6, 6.07) is 39.5. The van der Waals surface area contributed by atoms with Crippen molar-refractivity contribution in [2.75, 3.05) is 0 Å². The summed E-state index contributed by atoms with van der Waals surface area (Å²) >= 11 is 9.94. The van der Waals surface area contributed by atoms with Gasteiger partial charge >= 0.3 is 63.9 Å². The summed E-state index contributed by atoms with van der Waals surface area (Å²) in [6.07, 6.45) is 0. The van der Waals surface area contributed by atoms with Gasteiger partial charge in [0, 0.05) is 0 Å². The van der Waals surface area contributed by atoms with Crippen molar-refractivity contribution in [1.29, 1.82) is 0 Å². The van der Waals surface area contributed by atoms with Crippen molar-refractivity contribution in [3.63, 3.8) is 0 Å². The van der Waals surface area contributed by atoms with E-state index in [1.807, 2.05) is 121 Å². The van der Waals surface area contributed by atoms with Crippen LogP contribution in [0.25, 0.3) is 0 Å². The van der Waals surface area contributed by atoms with Gasteiger partial charge in [0.2, 0.25) is 0 Å². The minimum Gasteiger partial charge on any atom is -0.199 e. The van der Waals surface area contributed by atoms with Crippen LogP contribution in [0.15, 0.2) is 121 Å². The fourth-order valence-electron chi connectivity index (χ4n) is 1.91. The molecule has 0 nitrogen and oxygen atoms in total. The molecule has 0 aliphatic heterocycles. The summed E-state index contributed by atoms with van der Waals surface area (Å²) in [7, 11) is 0. The molecule has 180 valence electrons. The molecule has 0 unspecified atom stereocenters. The van der Waals surface area contributed by atoms with Gasteiger partial charge in [-0.1, -0.05) is 24.3 Å². The van der Waals surface area contributed by atoms with E-state index < -0.39 is 0 Å². The SMILES string of the molecule is [Br][Au].[Br][Au].[CH2-]c1ccccc1.[CH2-]c1ccccc1.[CH2-]c1ccccc1.[CH2-]c1ccccc1. The number of halogens is 2. The van der Waals surface area contributed by atoms with Crippen molar-refractivity contribution in [1.82, 2.24) is 0 Å². The fraction of sp³-hybridized carbons (Fsp3) is 0. The third-order valence-corrected chi connectivity index (χ3v) is 3.37. The van der Waals surface area contributed by atoms with Crippen molar-refractivity contribution < 1.29 is 37.9 Å². The standard InChI is InChI=1S/4C7H7.2Au.2BrH/c4*1-7-5-3-2-4-6-7;;;;/h4*2-6H,1H2;;;2*1H/q4*-1;2*+1;;/p-2. The summed E-state index contributed by atoms with van der Waals surface area (Å²) in [4.78, 5) is 0. The second kappa shape index (κ2) is 26.1. The topological polar surface area (TPSA) is 0 Å². The first-order valence-corrected chi connectivity index (χ1v) is 18.8. The second-order valence-corrected chi connectivity index (χ2v) is 5.94. The molecule has 0 heterocycles. The van der Waals surface area contributed by atoms with E-state index in [9.17, 15) is 0 Å². The zero-order chi connectivity index (χ0) is 24.5. The normalized spacial score (nSPS) is 7.94. The van der Waals surface area contributed by atoms with Gasteiger partial charge in [-0.3, -0.25) is 0 Å². The van der Waals surface area contributed by atoms with Crippen LogP contribution in [0.5, 0.6) is 0 Å². The van der Waals surface area contributed by atoms with Crippen molar-refractivity contribution in [3.05, 3.63) is 171 Å². The van der Waals surface area contributed by atoms with Gasteiger partial charge in [0.25, 0.3) is 0 Å². The molecule has 4 heteroatoms. The zero-order valence-electron chi connectivity index (χ0n) is 17.7. The maximum Gasteiger partial charge on any atom is -0.0866 e. The Labute approximate surface area is 233 Å². The number of rotatable bonds is 0. The predicted molar refractivity (Wildman–Crippen MR) is 141 cm³/mol. The molecular weight excluding hydrogens is 890 g/mol. The smallest absolute Gasteiger partial charge is 0.0866 e. The van der Waals surface area contributed by atoms with E-state index in [0.717, 1.165) is 22.3 Å². The van der Waals surface area contributed by atoms with Gasteiger partial charge in [-0.25, -0.2) is 0 Å². The van der Waals surface area contributed by atoms with Crippen LogP contribution in [0.4, 0.5) is 0 Å². The average Bonchev–Trinajstić information content (AvgIpc) is 2.85. The van der Waals surface area contributed by atoms with Gasteiger partial charge in [-0.05, 0) is 0 Å².